The number of aliphatic imine (C=N–C) groups is 1. The van der Waals surface area contributed by atoms with Crippen LogP contribution in [0, 0.1) is 23.1 Å². The molecule has 1 aliphatic rings. The first-order valence-corrected chi connectivity index (χ1v) is 7.93. The quantitative estimate of drug-likeness (QED) is 0.279. The molecule has 0 bridgehead atoms. The molecule has 2 N–H and O–H groups in total. The number of rotatable bonds is 8. The van der Waals surface area contributed by atoms with Crippen LogP contribution < -0.4 is 10.6 Å². The lowest BCUT2D eigenvalue weighted by atomic mass is 10.1. The molecule has 7 heteroatoms. The molecule has 0 saturated heterocycles. The van der Waals surface area contributed by atoms with Crippen LogP contribution in [0.3, 0.4) is 0 Å². The van der Waals surface area contributed by atoms with Gasteiger partial charge in [0.2, 0.25) is 0 Å². The normalized spacial score (nSPS) is 13.8. The van der Waals surface area contributed by atoms with Crippen LogP contribution in [0.1, 0.15) is 30.4 Å². The third-order valence-electron chi connectivity index (χ3n) is 3.65. The molecule has 0 spiro atoms. The average molecular weight is 446 g/mol. The van der Waals surface area contributed by atoms with Crippen LogP contribution in [-0.2, 0) is 11.3 Å². The lowest BCUT2D eigenvalue weighted by Crippen LogP contribution is -2.37. The van der Waals surface area contributed by atoms with Gasteiger partial charge in [-0.05, 0) is 43.4 Å². The Morgan fingerprint density at radius 3 is 2.88 bits per heavy atom. The third kappa shape index (κ3) is 7.45. The zero-order valence-corrected chi connectivity index (χ0v) is 16.2. The zero-order chi connectivity index (χ0) is 16.5. The summed E-state index contributed by atoms with van der Waals surface area (Å²) >= 11 is 0. The van der Waals surface area contributed by atoms with Crippen molar-refractivity contribution in [3.8, 4) is 6.07 Å². The molecule has 0 atom stereocenters. The van der Waals surface area contributed by atoms with E-state index >= 15 is 0 Å². The van der Waals surface area contributed by atoms with Crippen molar-refractivity contribution in [2.75, 3.05) is 26.8 Å². The number of nitrogens with one attached hydrogen (secondary N) is 2. The predicted molar refractivity (Wildman–Crippen MR) is 103 cm³/mol. The van der Waals surface area contributed by atoms with Gasteiger partial charge in [-0.1, -0.05) is 0 Å². The third-order valence-corrected chi connectivity index (χ3v) is 3.65. The summed E-state index contributed by atoms with van der Waals surface area (Å²) in [6, 6.07) is 6.33. The van der Waals surface area contributed by atoms with Crippen LogP contribution in [0.2, 0.25) is 0 Å². The summed E-state index contributed by atoms with van der Waals surface area (Å²) in [4.78, 5) is 4.10. The van der Waals surface area contributed by atoms with Gasteiger partial charge in [0, 0.05) is 38.9 Å². The Morgan fingerprint density at radius 2 is 2.21 bits per heavy atom. The number of ether oxygens (including phenoxy) is 1. The molecular weight excluding hydrogens is 422 g/mol. The minimum atomic E-state index is -0.333. The van der Waals surface area contributed by atoms with Crippen LogP contribution in [0.25, 0.3) is 0 Å². The summed E-state index contributed by atoms with van der Waals surface area (Å²) in [5, 5.41) is 15.1. The molecule has 1 saturated carbocycles. The summed E-state index contributed by atoms with van der Waals surface area (Å²) in [5.41, 5.74) is 0.888. The molecule has 1 aromatic rings. The second-order valence-electron chi connectivity index (χ2n) is 5.64. The Morgan fingerprint density at radius 1 is 1.42 bits per heavy atom. The molecule has 5 nitrogen and oxygen atoms in total. The first-order valence-electron chi connectivity index (χ1n) is 7.93. The van der Waals surface area contributed by atoms with Crippen LogP contribution in [-0.4, -0.2) is 32.8 Å². The Balaban J connectivity index is 0.00000288. The fourth-order valence-electron chi connectivity index (χ4n) is 2.09. The fourth-order valence-corrected chi connectivity index (χ4v) is 2.09. The Kier molecular flexibility index (Phi) is 9.64. The maximum Gasteiger partial charge on any atom is 0.191 e. The number of guanidine groups is 1. The molecule has 0 aromatic heterocycles. The molecule has 2 rings (SSSR count). The first kappa shape index (κ1) is 20.6. The largest absolute Gasteiger partial charge is 0.381 e. The van der Waals surface area contributed by atoms with Crippen molar-refractivity contribution in [1.29, 1.82) is 5.26 Å². The van der Waals surface area contributed by atoms with Crippen molar-refractivity contribution in [3.05, 3.63) is 35.1 Å². The topological polar surface area (TPSA) is 69.4 Å². The molecular formula is C17H24FIN4O. The highest BCUT2D eigenvalue weighted by molar-refractivity contribution is 14.0. The van der Waals surface area contributed by atoms with Crippen LogP contribution >= 0.6 is 24.0 Å². The minimum absolute atomic E-state index is 0. The number of nitriles is 1. The lowest BCUT2D eigenvalue weighted by molar-refractivity contribution is 0.123. The Labute approximate surface area is 159 Å². The van der Waals surface area contributed by atoms with E-state index in [1.54, 1.807) is 13.1 Å². The van der Waals surface area contributed by atoms with Crippen LogP contribution in [0.5, 0.6) is 0 Å². The molecule has 0 heterocycles. The van der Waals surface area contributed by atoms with E-state index in [0.717, 1.165) is 32.1 Å². The Bertz CT molecular complexity index is 584. The van der Waals surface area contributed by atoms with Crippen LogP contribution in [0.4, 0.5) is 4.39 Å². The highest BCUT2D eigenvalue weighted by Gasteiger charge is 2.20. The van der Waals surface area contributed by atoms with E-state index in [-0.39, 0.29) is 36.3 Å². The molecule has 1 fully saturated rings. The number of hydrogen-bond donors (Lipinski definition) is 2. The molecule has 1 aliphatic carbocycles. The number of halogens is 2. The van der Waals surface area contributed by atoms with Crippen molar-refractivity contribution < 1.29 is 9.13 Å². The number of hydrogen-bond acceptors (Lipinski definition) is 3. The van der Waals surface area contributed by atoms with Gasteiger partial charge in [0.25, 0.3) is 0 Å². The second-order valence-corrected chi connectivity index (χ2v) is 5.64. The number of nitrogens with zero attached hydrogens (tertiary/aromatic N) is 2. The van der Waals surface area contributed by atoms with Gasteiger partial charge in [-0.15, -0.1) is 24.0 Å². The van der Waals surface area contributed by atoms with Gasteiger partial charge in [0.05, 0.1) is 11.6 Å². The highest BCUT2D eigenvalue weighted by Crippen LogP contribution is 2.28. The smallest absolute Gasteiger partial charge is 0.191 e. The van der Waals surface area contributed by atoms with E-state index in [4.69, 9.17) is 10.00 Å². The van der Waals surface area contributed by atoms with E-state index in [1.165, 1.54) is 25.0 Å². The standard InChI is InChI=1S/C17H23FN4O.HI/c1-20-17(21-7-2-8-23-12-13-3-4-13)22-11-15-9-14(10-19)5-6-16(15)18;/h5-6,9,13H,2-4,7-8,11-12H2,1H3,(H2,20,21,22);1H. The molecule has 0 unspecified atom stereocenters. The Hall–Kier alpha value is -1.40. The van der Waals surface area contributed by atoms with Gasteiger partial charge in [-0.25, -0.2) is 4.39 Å². The van der Waals surface area contributed by atoms with Gasteiger partial charge >= 0.3 is 0 Å². The summed E-state index contributed by atoms with van der Waals surface area (Å²) in [5.74, 6) is 1.06. The zero-order valence-electron chi connectivity index (χ0n) is 13.8. The number of benzene rings is 1. The molecule has 0 aliphatic heterocycles. The van der Waals surface area contributed by atoms with E-state index in [1.807, 2.05) is 6.07 Å². The maximum atomic E-state index is 13.7. The van der Waals surface area contributed by atoms with Crippen molar-refractivity contribution in [2.45, 2.75) is 25.8 Å². The highest BCUT2D eigenvalue weighted by atomic mass is 127. The van der Waals surface area contributed by atoms with Crippen molar-refractivity contribution in [3.63, 3.8) is 0 Å². The summed E-state index contributed by atoms with van der Waals surface area (Å²) < 4.78 is 19.3. The van der Waals surface area contributed by atoms with Crippen molar-refractivity contribution in [1.82, 2.24) is 10.6 Å². The van der Waals surface area contributed by atoms with Crippen molar-refractivity contribution in [2.24, 2.45) is 10.9 Å². The van der Waals surface area contributed by atoms with E-state index in [0.29, 0.717) is 17.1 Å². The van der Waals surface area contributed by atoms with Gasteiger partial charge in [0.15, 0.2) is 5.96 Å². The predicted octanol–water partition coefficient (Wildman–Crippen LogP) is 2.80. The summed E-state index contributed by atoms with van der Waals surface area (Å²) in [6.45, 7) is 2.63. The molecule has 0 amide bonds. The van der Waals surface area contributed by atoms with Gasteiger partial charge < -0.3 is 15.4 Å². The van der Waals surface area contributed by atoms with Crippen LogP contribution in [0.15, 0.2) is 23.2 Å². The minimum Gasteiger partial charge on any atom is -0.381 e. The van der Waals surface area contributed by atoms with E-state index in [9.17, 15) is 4.39 Å². The second kappa shape index (κ2) is 11.2. The summed E-state index contributed by atoms with van der Waals surface area (Å²) in [7, 11) is 1.67. The van der Waals surface area contributed by atoms with Gasteiger partial charge in [-0.2, -0.15) is 5.26 Å². The van der Waals surface area contributed by atoms with E-state index in [2.05, 4.69) is 15.6 Å². The molecule has 24 heavy (non-hydrogen) atoms. The van der Waals surface area contributed by atoms with Gasteiger partial charge in [0.1, 0.15) is 5.82 Å². The van der Waals surface area contributed by atoms with E-state index < -0.39 is 0 Å². The SMILES string of the molecule is CN=C(NCCCOCC1CC1)NCc1cc(C#N)ccc1F.I. The summed E-state index contributed by atoms with van der Waals surface area (Å²) in [6.07, 6.45) is 3.50. The molecule has 132 valence electrons. The van der Waals surface area contributed by atoms with Crippen molar-refractivity contribution >= 4 is 29.9 Å². The van der Waals surface area contributed by atoms with Gasteiger partial charge in [-0.3, -0.25) is 4.99 Å². The maximum absolute atomic E-state index is 13.7. The first-order chi connectivity index (χ1) is 11.2. The fraction of sp³-hybridized carbons (Fsp3) is 0.529. The monoisotopic (exact) mass is 446 g/mol. The lowest BCUT2D eigenvalue weighted by Gasteiger charge is -2.12. The molecule has 0 radical (unpaired) electrons. The average Bonchev–Trinajstić information content (AvgIpc) is 3.39. The molecule has 1 aromatic carbocycles.